The summed E-state index contributed by atoms with van der Waals surface area (Å²) in [7, 11) is 3.15. The van der Waals surface area contributed by atoms with Gasteiger partial charge >= 0.3 is 6.03 Å². The van der Waals surface area contributed by atoms with Gasteiger partial charge in [0.2, 0.25) is 0 Å². The lowest BCUT2D eigenvalue weighted by Crippen LogP contribution is -2.38. The van der Waals surface area contributed by atoms with Gasteiger partial charge in [-0.3, -0.25) is 0 Å². The van der Waals surface area contributed by atoms with Crippen molar-refractivity contribution in [1.82, 2.24) is 10.6 Å². The molecule has 2 unspecified atom stereocenters. The van der Waals surface area contributed by atoms with Gasteiger partial charge in [0.05, 0.1) is 26.3 Å². The summed E-state index contributed by atoms with van der Waals surface area (Å²) in [6.45, 7) is 3.75. The molecule has 0 aromatic heterocycles. The third-order valence-corrected chi connectivity index (χ3v) is 4.59. The normalized spacial score (nSPS) is 12.8. The van der Waals surface area contributed by atoms with Gasteiger partial charge in [0, 0.05) is 10.0 Å². The van der Waals surface area contributed by atoms with Gasteiger partial charge in [-0.25, -0.2) is 4.79 Å². The maximum absolute atomic E-state index is 12.3. The molecule has 0 saturated heterocycles. The highest BCUT2D eigenvalue weighted by atomic mass is 35.5. The molecule has 2 N–H and O–H groups in total. The zero-order valence-electron chi connectivity index (χ0n) is 15.1. The largest absolute Gasteiger partial charge is 0.493 e. The molecular weight excluding hydrogens is 375 g/mol. The average molecular weight is 397 g/mol. The van der Waals surface area contributed by atoms with E-state index < -0.39 is 0 Å². The monoisotopic (exact) mass is 396 g/mol. The van der Waals surface area contributed by atoms with Crippen LogP contribution in [0.15, 0.2) is 36.4 Å². The Hall–Kier alpha value is -2.11. The fourth-order valence-electron chi connectivity index (χ4n) is 2.57. The zero-order valence-corrected chi connectivity index (χ0v) is 16.6. The van der Waals surface area contributed by atoms with E-state index in [1.165, 1.54) is 0 Å². The van der Waals surface area contributed by atoms with Crippen LogP contribution < -0.4 is 20.1 Å². The van der Waals surface area contributed by atoms with E-state index in [4.69, 9.17) is 32.7 Å². The Morgan fingerprint density at radius 2 is 1.58 bits per heavy atom. The summed E-state index contributed by atoms with van der Waals surface area (Å²) in [5.74, 6) is 1.25. The molecule has 0 radical (unpaired) electrons. The molecule has 0 fully saturated rings. The first-order valence-corrected chi connectivity index (χ1v) is 8.85. The third kappa shape index (κ3) is 4.96. The van der Waals surface area contributed by atoms with Crippen LogP contribution in [-0.2, 0) is 0 Å². The lowest BCUT2D eigenvalue weighted by molar-refractivity contribution is 0.235. The highest BCUT2D eigenvalue weighted by Gasteiger charge is 2.16. The van der Waals surface area contributed by atoms with E-state index in [1.807, 2.05) is 26.0 Å². The Labute approximate surface area is 163 Å². The Bertz CT molecular complexity index is 783. The van der Waals surface area contributed by atoms with Crippen molar-refractivity contribution in [2.45, 2.75) is 25.9 Å². The molecule has 0 aliphatic heterocycles. The van der Waals surface area contributed by atoms with Gasteiger partial charge in [-0.05, 0) is 49.2 Å². The van der Waals surface area contributed by atoms with Gasteiger partial charge in [-0.15, -0.1) is 0 Å². The van der Waals surface area contributed by atoms with Gasteiger partial charge in [0.15, 0.2) is 11.5 Å². The SMILES string of the molecule is COc1ccc(C(C)NC(=O)NC(C)c2ccc(Cl)cc2Cl)cc1OC. The summed E-state index contributed by atoms with van der Waals surface area (Å²) in [6.07, 6.45) is 0. The smallest absolute Gasteiger partial charge is 0.315 e. The number of methoxy groups -OCH3 is 2. The maximum Gasteiger partial charge on any atom is 0.315 e. The van der Waals surface area contributed by atoms with Crippen LogP contribution in [0.5, 0.6) is 11.5 Å². The fourth-order valence-corrected chi connectivity index (χ4v) is 3.14. The van der Waals surface area contributed by atoms with Crippen LogP contribution in [0.1, 0.15) is 37.1 Å². The summed E-state index contributed by atoms with van der Waals surface area (Å²) in [5, 5.41) is 6.84. The molecular formula is C19H22Cl2N2O3. The predicted octanol–water partition coefficient (Wildman–Crippen LogP) is 5.13. The number of rotatable bonds is 6. The molecule has 0 saturated carbocycles. The van der Waals surface area contributed by atoms with E-state index in [2.05, 4.69) is 10.6 Å². The second kappa shape index (κ2) is 9.01. The standard InChI is InChI=1S/C19H22Cl2N2O3/c1-11(13-5-8-17(25-3)18(9-13)26-4)22-19(24)23-12(2)15-7-6-14(20)10-16(15)21/h5-12H,1-4H3,(H2,22,23,24). The van der Waals surface area contributed by atoms with Crippen LogP contribution in [0, 0.1) is 0 Å². The molecule has 26 heavy (non-hydrogen) atoms. The summed E-state index contributed by atoms with van der Waals surface area (Å²) in [6, 6.07) is 9.93. The second-order valence-corrected chi connectivity index (χ2v) is 6.69. The number of carbonyl (C=O) groups excluding carboxylic acids is 1. The molecule has 2 aromatic carbocycles. The Morgan fingerprint density at radius 3 is 2.19 bits per heavy atom. The Balaban J connectivity index is 2.02. The lowest BCUT2D eigenvalue weighted by atomic mass is 10.1. The number of amides is 2. The summed E-state index contributed by atoms with van der Waals surface area (Å²) in [4.78, 5) is 12.3. The molecule has 5 nitrogen and oxygen atoms in total. The molecule has 0 aliphatic rings. The van der Waals surface area contributed by atoms with Gasteiger partial charge < -0.3 is 20.1 Å². The van der Waals surface area contributed by atoms with Crippen molar-refractivity contribution in [3.05, 3.63) is 57.6 Å². The number of hydrogen-bond acceptors (Lipinski definition) is 3. The van der Waals surface area contributed by atoms with Crippen molar-refractivity contribution < 1.29 is 14.3 Å². The first-order valence-electron chi connectivity index (χ1n) is 8.09. The van der Waals surface area contributed by atoms with Crippen molar-refractivity contribution in [2.24, 2.45) is 0 Å². The van der Waals surface area contributed by atoms with Crippen LogP contribution in [0.2, 0.25) is 10.0 Å². The van der Waals surface area contributed by atoms with Crippen LogP contribution in [0.3, 0.4) is 0 Å². The number of halogens is 2. The summed E-state index contributed by atoms with van der Waals surface area (Å²) < 4.78 is 10.5. The minimum absolute atomic E-state index is 0.220. The van der Waals surface area contributed by atoms with Gasteiger partial charge in [0.1, 0.15) is 0 Å². The zero-order chi connectivity index (χ0) is 19.3. The summed E-state index contributed by atoms with van der Waals surface area (Å²) >= 11 is 12.1. The molecule has 2 atom stereocenters. The number of benzene rings is 2. The topological polar surface area (TPSA) is 59.6 Å². The maximum atomic E-state index is 12.3. The van der Waals surface area contributed by atoms with Crippen LogP contribution in [0.25, 0.3) is 0 Å². The molecule has 7 heteroatoms. The van der Waals surface area contributed by atoms with Crippen molar-refractivity contribution in [3.63, 3.8) is 0 Å². The molecule has 140 valence electrons. The molecule has 2 rings (SSSR count). The van der Waals surface area contributed by atoms with E-state index in [0.717, 1.165) is 11.1 Å². The number of ether oxygens (including phenoxy) is 2. The van der Waals surface area contributed by atoms with E-state index in [-0.39, 0.29) is 18.1 Å². The third-order valence-electron chi connectivity index (χ3n) is 4.03. The van der Waals surface area contributed by atoms with Crippen LogP contribution >= 0.6 is 23.2 Å². The average Bonchev–Trinajstić information content (AvgIpc) is 2.60. The van der Waals surface area contributed by atoms with E-state index >= 15 is 0 Å². The van der Waals surface area contributed by atoms with E-state index in [1.54, 1.807) is 38.5 Å². The summed E-state index contributed by atoms with van der Waals surface area (Å²) in [5.41, 5.74) is 1.69. The van der Waals surface area contributed by atoms with Gasteiger partial charge in [-0.2, -0.15) is 0 Å². The lowest BCUT2D eigenvalue weighted by Gasteiger charge is -2.20. The highest BCUT2D eigenvalue weighted by molar-refractivity contribution is 6.35. The van der Waals surface area contributed by atoms with Crippen LogP contribution in [-0.4, -0.2) is 20.3 Å². The molecule has 2 aromatic rings. The molecule has 0 heterocycles. The number of nitrogens with one attached hydrogen (secondary N) is 2. The number of hydrogen-bond donors (Lipinski definition) is 2. The minimum atomic E-state index is -0.300. The van der Waals surface area contributed by atoms with E-state index in [0.29, 0.717) is 21.5 Å². The van der Waals surface area contributed by atoms with Gasteiger partial charge in [0.25, 0.3) is 0 Å². The van der Waals surface area contributed by atoms with Crippen LogP contribution in [0.4, 0.5) is 4.79 Å². The highest BCUT2D eigenvalue weighted by Crippen LogP contribution is 2.30. The predicted molar refractivity (Wildman–Crippen MR) is 105 cm³/mol. The minimum Gasteiger partial charge on any atom is -0.493 e. The first-order chi connectivity index (χ1) is 12.3. The quantitative estimate of drug-likeness (QED) is 0.710. The van der Waals surface area contributed by atoms with Crippen molar-refractivity contribution in [1.29, 1.82) is 0 Å². The molecule has 0 bridgehead atoms. The second-order valence-electron chi connectivity index (χ2n) is 5.84. The Kier molecular flexibility index (Phi) is 7.00. The van der Waals surface area contributed by atoms with Crippen molar-refractivity contribution >= 4 is 29.2 Å². The first kappa shape index (κ1) is 20.2. The van der Waals surface area contributed by atoms with E-state index in [9.17, 15) is 4.79 Å². The number of carbonyl (C=O) groups is 1. The number of urea groups is 1. The molecule has 0 spiro atoms. The molecule has 0 aliphatic carbocycles. The van der Waals surface area contributed by atoms with Crippen molar-refractivity contribution in [3.8, 4) is 11.5 Å². The van der Waals surface area contributed by atoms with Crippen molar-refractivity contribution in [2.75, 3.05) is 14.2 Å². The van der Waals surface area contributed by atoms with Gasteiger partial charge in [-0.1, -0.05) is 35.3 Å². The molecule has 2 amide bonds. The Morgan fingerprint density at radius 1 is 0.923 bits per heavy atom. The fraction of sp³-hybridized carbons (Fsp3) is 0.316.